The largest absolute Gasteiger partial charge is 0.388 e. The number of likely N-dealkylation sites (tertiary alicyclic amines) is 1. The molecule has 0 saturated carbocycles. The van der Waals surface area contributed by atoms with E-state index in [1.807, 2.05) is 60.7 Å². The molecule has 2 unspecified atom stereocenters. The lowest BCUT2D eigenvalue weighted by Gasteiger charge is -2.25. The van der Waals surface area contributed by atoms with E-state index in [9.17, 15) is 5.11 Å². The lowest BCUT2D eigenvalue weighted by molar-refractivity contribution is 0.116. The molecule has 26 heavy (non-hydrogen) atoms. The van der Waals surface area contributed by atoms with Gasteiger partial charge in [0.05, 0.1) is 12.6 Å². The summed E-state index contributed by atoms with van der Waals surface area (Å²) < 4.78 is 5.41. The Morgan fingerprint density at radius 2 is 1.81 bits per heavy atom. The summed E-state index contributed by atoms with van der Waals surface area (Å²) in [6, 6.07) is 20.0. The second-order valence-corrected chi connectivity index (χ2v) is 6.81. The number of benzene rings is 2. The van der Waals surface area contributed by atoms with E-state index in [4.69, 9.17) is 4.52 Å². The number of hydrogen-bond donors (Lipinski definition) is 1. The van der Waals surface area contributed by atoms with Crippen LogP contribution in [0.25, 0.3) is 11.5 Å². The molecule has 3 aromatic rings. The van der Waals surface area contributed by atoms with Crippen molar-refractivity contribution >= 4 is 0 Å². The molecule has 0 bridgehead atoms. The van der Waals surface area contributed by atoms with Crippen molar-refractivity contribution in [3.63, 3.8) is 0 Å². The van der Waals surface area contributed by atoms with E-state index in [0.717, 1.165) is 36.9 Å². The van der Waals surface area contributed by atoms with Crippen molar-refractivity contribution < 1.29 is 9.63 Å². The van der Waals surface area contributed by atoms with Crippen molar-refractivity contribution in [2.45, 2.75) is 38.0 Å². The molecule has 1 N–H and O–H groups in total. The number of aliphatic hydroxyl groups is 1. The van der Waals surface area contributed by atoms with Gasteiger partial charge in [0.1, 0.15) is 0 Å². The highest BCUT2D eigenvalue weighted by molar-refractivity contribution is 5.51. The van der Waals surface area contributed by atoms with Gasteiger partial charge in [-0.25, -0.2) is 0 Å². The van der Waals surface area contributed by atoms with E-state index in [0.29, 0.717) is 24.3 Å². The molecule has 2 atom stereocenters. The van der Waals surface area contributed by atoms with Crippen molar-refractivity contribution in [1.29, 1.82) is 0 Å². The van der Waals surface area contributed by atoms with Crippen LogP contribution in [0.4, 0.5) is 0 Å². The van der Waals surface area contributed by atoms with Gasteiger partial charge < -0.3 is 9.63 Å². The minimum absolute atomic E-state index is 0.337. The fraction of sp³-hybridized carbons (Fsp3) is 0.333. The highest BCUT2D eigenvalue weighted by Gasteiger charge is 2.28. The molecule has 2 aromatic carbocycles. The minimum Gasteiger partial charge on any atom is -0.388 e. The van der Waals surface area contributed by atoms with Crippen LogP contribution < -0.4 is 0 Å². The molecule has 134 valence electrons. The average Bonchev–Trinajstić information content (AvgIpc) is 3.33. The maximum absolute atomic E-state index is 10.5. The van der Waals surface area contributed by atoms with Crippen LogP contribution in [0.15, 0.2) is 65.2 Å². The maximum atomic E-state index is 10.5. The van der Waals surface area contributed by atoms with Crippen LogP contribution in [0.1, 0.15) is 36.8 Å². The number of hydrogen-bond acceptors (Lipinski definition) is 5. The SMILES string of the molecule is OC(CC1CCCN1Cc1noc(-c2ccccc2)n1)c1ccccc1. The smallest absolute Gasteiger partial charge is 0.257 e. The van der Waals surface area contributed by atoms with Crippen molar-refractivity contribution in [3.05, 3.63) is 72.1 Å². The Balaban J connectivity index is 1.40. The quantitative estimate of drug-likeness (QED) is 0.733. The summed E-state index contributed by atoms with van der Waals surface area (Å²) in [4.78, 5) is 6.89. The van der Waals surface area contributed by atoms with E-state index < -0.39 is 6.10 Å². The van der Waals surface area contributed by atoms with Gasteiger partial charge in [0, 0.05) is 11.6 Å². The van der Waals surface area contributed by atoms with Crippen molar-refractivity contribution in [1.82, 2.24) is 15.0 Å². The molecule has 5 heteroatoms. The van der Waals surface area contributed by atoms with Crippen molar-refractivity contribution in [2.75, 3.05) is 6.54 Å². The molecule has 1 aliphatic rings. The van der Waals surface area contributed by atoms with E-state index in [-0.39, 0.29) is 0 Å². The first-order valence-electron chi connectivity index (χ1n) is 9.14. The van der Waals surface area contributed by atoms with E-state index in [2.05, 4.69) is 15.0 Å². The molecule has 0 spiro atoms. The van der Waals surface area contributed by atoms with Gasteiger partial charge in [-0.15, -0.1) is 0 Å². The predicted molar refractivity (Wildman–Crippen MR) is 99.2 cm³/mol. The van der Waals surface area contributed by atoms with Gasteiger partial charge in [0.15, 0.2) is 5.82 Å². The Bertz CT molecular complexity index is 820. The van der Waals surface area contributed by atoms with Crippen LogP contribution in [0.5, 0.6) is 0 Å². The van der Waals surface area contributed by atoms with Crippen LogP contribution in [-0.4, -0.2) is 32.7 Å². The normalized spacial score (nSPS) is 18.9. The molecule has 1 aliphatic heterocycles. The topological polar surface area (TPSA) is 62.4 Å². The molecule has 1 saturated heterocycles. The van der Waals surface area contributed by atoms with Crippen LogP contribution in [0.2, 0.25) is 0 Å². The fourth-order valence-electron chi connectivity index (χ4n) is 3.64. The predicted octanol–water partition coefficient (Wildman–Crippen LogP) is 3.82. The molecule has 1 aromatic heterocycles. The summed E-state index contributed by atoms with van der Waals surface area (Å²) in [5, 5.41) is 14.7. The molecular weight excluding hydrogens is 326 g/mol. The lowest BCUT2D eigenvalue weighted by atomic mass is 10.0. The van der Waals surface area contributed by atoms with Gasteiger partial charge in [-0.3, -0.25) is 4.90 Å². The third kappa shape index (κ3) is 3.84. The van der Waals surface area contributed by atoms with E-state index in [1.165, 1.54) is 0 Å². The van der Waals surface area contributed by atoms with E-state index in [1.54, 1.807) is 0 Å². The van der Waals surface area contributed by atoms with Crippen LogP contribution in [0, 0.1) is 0 Å². The van der Waals surface area contributed by atoms with Gasteiger partial charge in [-0.1, -0.05) is 53.7 Å². The van der Waals surface area contributed by atoms with Crippen molar-refractivity contribution in [2.24, 2.45) is 0 Å². The number of rotatable bonds is 6. The molecule has 5 nitrogen and oxygen atoms in total. The molecule has 4 rings (SSSR count). The Kier molecular flexibility index (Phi) is 5.09. The highest BCUT2D eigenvalue weighted by atomic mass is 16.5. The zero-order valence-electron chi connectivity index (χ0n) is 14.7. The van der Waals surface area contributed by atoms with Gasteiger partial charge in [-0.2, -0.15) is 4.98 Å². The lowest BCUT2D eigenvalue weighted by Crippen LogP contribution is -2.30. The summed E-state index contributed by atoms with van der Waals surface area (Å²) in [6.45, 7) is 1.66. The average molecular weight is 349 g/mol. The Morgan fingerprint density at radius 3 is 2.58 bits per heavy atom. The van der Waals surface area contributed by atoms with Crippen molar-refractivity contribution in [3.8, 4) is 11.5 Å². The number of aliphatic hydroxyl groups excluding tert-OH is 1. The second-order valence-electron chi connectivity index (χ2n) is 6.81. The zero-order chi connectivity index (χ0) is 17.8. The molecule has 2 heterocycles. The highest BCUT2D eigenvalue weighted by Crippen LogP contribution is 2.28. The molecule has 0 radical (unpaired) electrons. The first kappa shape index (κ1) is 16.9. The van der Waals surface area contributed by atoms with E-state index >= 15 is 0 Å². The van der Waals surface area contributed by atoms with Gasteiger partial charge in [0.25, 0.3) is 5.89 Å². The second kappa shape index (κ2) is 7.81. The molecular formula is C21H23N3O2. The van der Waals surface area contributed by atoms with Gasteiger partial charge >= 0.3 is 0 Å². The first-order valence-corrected chi connectivity index (χ1v) is 9.14. The maximum Gasteiger partial charge on any atom is 0.257 e. The standard InChI is InChI=1S/C21H23N3O2/c25-19(16-8-3-1-4-9-16)14-18-12-7-13-24(18)15-20-22-21(26-23-20)17-10-5-2-6-11-17/h1-6,8-11,18-19,25H,7,12-15H2. The Morgan fingerprint density at radius 1 is 1.08 bits per heavy atom. The zero-order valence-corrected chi connectivity index (χ0v) is 14.7. The van der Waals surface area contributed by atoms with Crippen LogP contribution in [0.3, 0.4) is 0 Å². The summed E-state index contributed by atoms with van der Waals surface area (Å²) in [6.07, 6.45) is 2.52. The number of nitrogens with zero attached hydrogens (tertiary/aromatic N) is 3. The third-order valence-electron chi connectivity index (χ3n) is 5.01. The fourth-order valence-corrected chi connectivity index (χ4v) is 3.64. The van der Waals surface area contributed by atoms with Crippen LogP contribution >= 0.6 is 0 Å². The monoisotopic (exact) mass is 349 g/mol. The summed E-state index contributed by atoms with van der Waals surface area (Å²) in [7, 11) is 0. The Labute approximate surface area is 153 Å². The Hall–Kier alpha value is -2.50. The third-order valence-corrected chi connectivity index (χ3v) is 5.01. The van der Waals surface area contributed by atoms with Crippen LogP contribution in [-0.2, 0) is 6.54 Å². The summed E-state index contributed by atoms with van der Waals surface area (Å²) in [5.74, 6) is 1.26. The minimum atomic E-state index is -0.438. The molecule has 1 fully saturated rings. The molecule has 0 amide bonds. The van der Waals surface area contributed by atoms with Gasteiger partial charge in [-0.05, 0) is 43.5 Å². The summed E-state index contributed by atoms with van der Waals surface area (Å²) in [5.41, 5.74) is 1.91. The molecule has 0 aliphatic carbocycles. The summed E-state index contributed by atoms with van der Waals surface area (Å²) >= 11 is 0. The first-order chi connectivity index (χ1) is 12.8. The van der Waals surface area contributed by atoms with Gasteiger partial charge in [0.2, 0.25) is 0 Å². The number of aromatic nitrogens is 2.